The van der Waals surface area contributed by atoms with Gasteiger partial charge in [-0.2, -0.15) is 0 Å². The van der Waals surface area contributed by atoms with Crippen molar-refractivity contribution in [2.45, 2.75) is 32.9 Å². The van der Waals surface area contributed by atoms with Crippen molar-refractivity contribution in [3.8, 4) is 0 Å². The first-order valence-corrected chi connectivity index (χ1v) is 6.99. The molecular formula is C14H19N3O6. The number of carboxylic acids is 1. The number of amides is 4. The lowest BCUT2D eigenvalue weighted by atomic mass is 10.0. The normalized spacial score (nSPS) is 16.4. The van der Waals surface area contributed by atoms with Gasteiger partial charge in [0.15, 0.2) is 0 Å². The Morgan fingerprint density at radius 2 is 1.61 bits per heavy atom. The second-order valence-corrected chi connectivity index (χ2v) is 5.45. The fraction of sp³-hybridized carbons (Fsp3) is 0.500. The zero-order valence-corrected chi connectivity index (χ0v) is 13.0. The van der Waals surface area contributed by atoms with Crippen LogP contribution in [0.5, 0.6) is 0 Å². The predicted molar refractivity (Wildman–Crippen MR) is 77.9 cm³/mol. The van der Waals surface area contributed by atoms with E-state index in [1.807, 2.05) is 0 Å². The summed E-state index contributed by atoms with van der Waals surface area (Å²) in [6.07, 6.45) is 2.10. The summed E-state index contributed by atoms with van der Waals surface area (Å²) in [6.45, 7) is 4.13. The Balaban J connectivity index is 2.67. The number of aliphatic carboxylic acids is 1. The molecule has 9 nitrogen and oxygen atoms in total. The van der Waals surface area contributed by atoms with Crippen LogP contribution in [-0.2, 0) is 24.0 Å². The van der Waals surface area contributed by atoms with Crippen LogP contribution in [-0.4, -0.2) is 58.2 Å². The number of hydrogen-bond donors (Lipinski definition) is 3. The second kappa shape index (κ2) is 7.52. The smallest absolute Gasteiger partial charge is 0.325 e. The van der Waals surface area contributed by atoms with E-state index in [1.54, 1.807) is 13.8 Å². The minimum absolute atomic E-state index is 0.317. The van der Waals surface area contributed by atoms with Crippen molar-refractivity contribution in [3.63, 3.8) is 0 Å². The first-order chi connectivity index (χ1) is 10.6. The average Bonchev–Trinajstić information content (AvgIpc) is 2.75. The second-order valence-electron chi connectivity index (χ2n) is 5.45. The van der Waals surface area contributed by atoms with E-state index in [0.29, 0.717) is 0 Å². The molecule has 1 heterocycles. The van der Waals surface area contributed by atoms with Crippen LogP contribution in [0.4, 0.5) is 0 Å². The number of carbonyl (C=O) groups is 5. The third-order valence-electron chi connectivity index (χ3n) is 3.20. The first-order valence-electron chi connectivity index (χ1n) is 6.99. The van der Waals surface area contributed by atoms with Gasteiger partial charge >= 0.3 is 5.97 Å². The maximum absolute atomic E-state index is 12.1. The minimum Gasteiger partial charge on any atom is -0.480 e. The number of carboxylic acid groups (broad SMARTS) is 1. The van der Waals surface area contributed by atoms with E-state index >= 15 is 0 Å². The minimum atomic E-state index is -1.20. The number of rotatable bonds is 7. The SMILES string of the molecule is CC(C)[C@H](NC(=O)CN1C(=O)C=CC1=O)C(=O)N[C@@H](C)C(=O)O. The van der Waals surface area contributed by atoms with Crippen molar-refractivity contribution in [2.75, 3.05) is 6.54 Å². The summed E-state index contributed by atoms with van der Waals surface area (Å²) in [5, 5.41) is 13.5. The highest BCUT2D eigenvalue weighted by molar-refractivity contribution is 6.14. The third-order valence-corrected chi connectivity index (χ3v) is 3.20. The van der Waals surface area contributed by atoms with Crippen LogP contribution >= 0.6 is 0 Å². The van der Waals surface area contributed by atoms with Crippen LogP contribution in [0.2, 0.25) is 0 Å². The fourth-order valence-corrected chi connectivity index (χ4v) is 1.85. The number of nitrogens with one attached hydrogen (secondary N) is 2. The van der Waals surface area contributed by atoms with Gasteiger partial charge in [-0.05, 0) is 12.8 Å². The molecule has 0 fully saturated rings. The van der Waals surface area contributed by atoms with Crippen LogP contribution in [0, 0.1) is 5.92 Å². The van der Waals surface area contributed by atoms with Crippen molar-refractivity contribution in [3.05, 3.63) is 12.2 Å². The Morgan fingerprint density at radius 1 is 1.09 bits per heavy atom. The molecule has 1 rings (SSSR count). The van der Waals surface area contributed by atoms with Crippen LogP contribution in [0.1, 0.15) is 20.8 Å². The molecule has 1 aliphatic rings. The molecule has 0 unspecified atom stereocenters. The van der Waals surface area contributed by atoms with Crippen molar-refractivity contribution in [2.24, 2.45) is 5.92 Å². The molecule has 0 spiro atoms. The van der Waals surface area contributed by atoms with Crippen LogP contribution < -0.4 is 10.6 Å². The maximum atomic E-state index is 12.1. The molecule has 0 bridgehead atoms. The molecule has 0 aromatic carbocycles. The third kappa shape index (κ3) is 4.90. The topological polar surface area (TPSA) is 133 Å². The lowest BCUT2D eigenvalue weighted by Crippen LogP contribution is -2.54. The molecule has 4 amide bonds. The van der Waals surface area contributed by atoms with E-state index in [-0.39, 0.29) is 5.92 Å². The zero-order chi connectivity index (χ0) is 17.7. The van der Waals surface area contributed by atoms with E-state index < -0.39 is 48.2 Å². The highest BCUT2D eigenvalue weighted by Gasteiger charge is 2.30. The molecule has 0 saturated carbocycles. The van der Waals surface area contributed by atoms with E-state index in [9.17, 15) is 24.0 Å². The fourth-order valence-electron chi connectivity index (χ4n) is 1.85. The lowest BCUT2D eigenvalue weighted by molar-refractivity contribution is -0.143. The molecule has 3 N–H and O–H groups in total. The van der Waals surface area contributed by atoms with Gasteiger partial charge in [0.1, 0.15) is 18.6 Å². The molecule has 1 aliphatic heterocycles. The largest absolute Gasteiger partial charge is 0.480 e. The Hall–Kier alpha value is -2.71. The number of imide groups is 1. The summed E-state index contributed by atoms with van der Waals surface area (Å²) in [7, 11) is 0. The Kier molecular flexibility index (Phi) is 6.00. The van der Waals surface area contributed by atoms with Gasteiger partial charge in [-0.15, -0.1) is 0 Å². The van der Waals surface area contributed by atoms with E-state index in [4.69, 9.17) is 5.11 Å². The number of carbonyl (C=O) groups excluding carboxylic acids is 4. The van der Waals surface area contributed by atoms with Crippen LogP contribution in [0.25, 0.3) is 0 Å². The van der Waals surface area contributed by atoms with Gasteiger partial charge < -0.3 is 15.7 Å². The van der Waals surface area contributed by atoms with E-state index in [0.717, 1.165) is 17.1 Å². The van der Waals surface area contributed by atoms with Crippen molar-refractivity contribution >= 4 is 29.6 Å². The van der Waals surface area contributed by atoms with Gasteiger partial charge in [0.25, 0.3) is 11.8 Å². The van der Waals surface area contributed by atoms with Crippen molar-refractivity contribution < 1.29 is 29.1 Å². The summed E-state index contributed by atoms with van der Waals surface area (Å²) in [4.78, 5) is 58.3. The zero-order valence-electron chi connectivity index (χ0n) is 13.0. The molecule has 126 valence electrons. The van der Waals surface area contributed by atoms with Gasteiger partial charge in [-0.25, -0.2) is 0 Å². The molecule has 2 atom stereocenters. The first kappa shape index (κ1) is 18.3. The monoisotopic (exact) mass is 325 g/mol. The molecule has 0 radical (unpaired) electrons. The van der Waals surface area contributed by atoms with Crippen molar-refractivity contribution in [1.82, 2.24) is 15.5 Å². The molecule has 0 saturated heterocycles. The molecular weight excluding hydrogens is 306 g/mol. The Morgan fingerprint density at radius 3 is 2.04 bits per heavy atom. The van der Waals surface area contributed by atoms with Gasteiger partial charge in [-0.1, -0.05) is 13.8 Å². The summed E-state index contributed by atoms with van der Waals surface area (Å²) in [5.74, 6) is -4.06. The van der Waals surface area contributed by atoms with E-state index in [1.165, 1.54) is 6.92 Å². The highest BCUT2D eigenvalue weighted by atomic mass is 16.4. The molecule has 0 aliphatic carbocycles. The lowest BCUT2D eigenvalue weighted by Gasteiger charge is -2.24. The summed E-state index contributed by atoms with van der Waals surface area (Å²) in [6, 6.07) is -2.09. The standard InChI is InChI=1S/C14H19N3O6/c1-7(2)12(13(21)15-8(3)14(22)23)16-9(18)6-17-10(19)4-5-11(17)20/h4-5,7-8,12H,6H2,1-3H3,(H,15,21)(H,16,18)(H,22,23)/t8-,12-/m0/s1. The van der Waals surface area contributed by atoms with Gasteiger partial charge in [-0.3, -0.25) is 28.9 Å². The predicted octanol–water partition coefficient (Wildman–Crippen LogP) is -1.36. The van der Waals surface area contributed by atoms with Gasteiger partial charge in [0.2, 0.25) is 11.8 Å². The van der Waals surface area contributed by atoms with Crippen LogP contribution in [0.3, 0.4) is 0 Å². The molecule has 0 aromatic rings. The van der Waals surface area contributed by atoms with Crippen molar-refractivity contribution in [1.29, 1.82) is 0 Å². The number of nitrogens with zero attached hydrogens (tertiary/aromatic N) is 1. The van der Waals surface area contributed by atoms with Gasteiger partial charge in [0, 0.05) is 12.2 Å². The maximum Gasteiger partial charge on any atom is 0.325 e. The summed E-state index contributed by atoms with van der Waals surface area (Å²) < 4.78 is 0. The quantitative estimate of drug-likeness (QED) is 0.495. The Labute approximate surface area is 132 Å². The number of hydrogen-bond acceptors (Lipinski definition) is 5. The molecule has 23 heavy (non-hydrogen) atoms. The molecule has 9 heteroatoms. The van der Waals surface area contributed by atoms with E-state index in [2.05, 4.69) is 10.6 Å². The van der Waals surface area contributed by atoms with Gasteiger partial charge in [0.05, 0.1) is 0 Å². The van der Waals surface area contributed by atoms with Crippen LogP contribution in [0.15, 0.2) is 12.2 Å². The summed E-state index contributed by atoms with van der Waals surface area (Å²) >= 11 is 0. The highest BCUT2D eigenvalue weighted by Crippen LogP contribution is 2.05. The molecule has 0 aromatic heterocycles. The average molecular weight is 325 g/mol. The summed E-state index contributed by atoms with van der Waals surface area (Å²) in [5.41, 5.74) is 0. The Bertz CT molecular complexity index is 551.